The summed E-state index contributed by atoms with van der Waals surface area (Å²) in [6.07, 6.45) is 4.52. The van der Waals surface area contributed by atoms with Gasteiger partial charge in [0.15, 0.2) is 23.5 Å². The molecule has 0 spiro atoms. The minimum absolute atomic E-state index is 0.315. The molecule has 48 heavy (non-hydrogen) atoms. The van der Waals surface area contributed by atoms with Crippen LogP contribution in [0.25, 0.3) is 39.5 Å². The second-order valence-corrected chi connectivity index (χ2v) is 11.5. The molecule has 0 radical (unpaired) electrons. The minimum atomic E-state index is 0.315. The molecule has 0 aliphatic carbocycles. The smallest absolute Gasteiger partial charge is 0.165 e. The van der Waals surface area contributed by atoms with Crippen molar-refractivity contribution in [3.05, 3.63) is 114 Å². The molecule has 4 heterocycles. The van der Waals surface area contributed by atoms with E-state index in [1.807, 2.05) is 68.4 Å². The van der Waals surface area contributed by atoms with Crippen LogP contribution in [0.1, 0.15) is 42.6 Å². The van der Waals surface area contributed by atoms with Gasteiger partial charge in [0.1, 0.15) is 11.3 Å². The maximum Gasteiger partial charge on any atom is 0.165 e. The number of likely N-dealkylation sites (tertiary alicyclic amines) is 1. The maximum atomic E-state index is 11.4. The lowest BCUT2D eigenvalue weighted by molar-refractivity contribution is 0.112. The predicted octanol–water partition coefficient (Wildman–Crippen LogP) is 7.66. The molecule has 0 bridgehead atoms. The summed E-state index contributed by atoms with van der Waals surface area (Å²) in [5.41, 5.74) is 14.2. The average molecular weight is 640 g/mol. The zero-order valence-electron chi connectivity index (χ0n) is 27.6. The van der Waals surface area contributed by atoms with Gasteiger partial charge in [0, 0.05) is 43.1 Å². The van der Waals surface area contributed by atoms with Crippen molar-refractivity contribution in [3.63, 3.8) is 0 Å². The number of nitrogens with one attached hydrogen (secondary N) is 1. The van der Waals surface area contributed by atoms with E-state index in [1.54, 1.807) is 19.4 Å². The van der Waals surface area contributed by atoms with Gasteiger partial charge in [-0.25, -0.2) is 15.0 Å². The molecular weight excluding hydrogens is 598 g/mol. The average Bonchev–Trinajstić information content (AvgIpc) is 3.52. The number of piperidine rings is 1. The molecule has 1 saturated heterocycles. The lowest BCUT2D eigenvalue weighted by atomic mass is 10.0. The number of nitrogen functional groups attached to an aromatic ring is 1. The Bertz CT molecular complexity index is 1980. The molecule has 244 valence electrons. The molecule has 3 N–H and O–H groups in total. The third-order valence-electron chi connectivity index (χ3n) is 8.58. The van der Waals surface area contributed by atoms with Crippen LogP contribution in [0.4, 0.5) is 11.5 Å². The van der Waals surface area contributed by atoms with Crippen LogP contribution >= 0.6 is 0 Å². The highest BCUT2D eigenvalue weighted by molar-refractivity contribution is 5.85. The van der Waals surface area contributed by atoms with Crippen LogP contribution in [0.2, 0.25) is 0 Å². The molecule has 6 aromatic rings. The SMILES string of the molecule is CC.COc1c(C=O)cccc1NC1CCN(Cc2ccc(-n3c(-c4cccnc4N)nc4ccc(-c5ccccc5)nc43)cc2)CC1. The predicted molar refractivity (Wildman–Crippen MR) is 194 cm³/mol. The van der Waals surface area contributed by atoms with Crippen molar-refractivity contribution in [1.29, 1.82) is 0 Å². The fraction of sp³-hybridized carbons (Fsp3) is 0.231. The molecule has 1 aliphatic rings. The van der Waals surface area contributed by atoms with Crippen molar-refractivity contribution in [2.45, 2.75) is 39.3 Å². The van der Waals surface area contributed by atoms with E-state index in [0.29, 0.717) is 29.0 Å². The van der Waals surface area contributed by atoms with E-state index in [9.17, 15) is 4.79 Å². The number of rotatable bonds is 9. The molecule has 0 unspecified atom stereocenters. The number of hydrogen-bond acceptors (Lipinski definition) is 8. The van der Waals surface area contributed by atoms with Crippen LogP contribution in [-0.4, -0.2) is 56.9 Å². The monoisotopic (exact) mass is 639 g/mol. The number of anilines is 2. The highest BCUT2D eigenvalue weighted by Gasteiger charge is 2.22. The number of fused-ring (bicyclic) bond motifs is 1. The summed E-state index contributed by atoms with van der Waals surface area (Å²) in [6.45, 7) is 6.80. The number of benzene rings is 3. The van der Waals surface area contributed by atoms with Gasteiger partial charge < -0.3 is 15.8 Å². The first kappa shape index (κ1) is 32.4. The Balaban J connectivity index is 0.00000197. The van der Waals surface area contributed by atoms with Crippen LogP contribution in [0.5, 0.6) is 5.75 Å². The Hall–Kier alpha value is -5.54. The van der Waals surface area contributed by atoms with Gasteiger partial charge in [-0.3, -0.25) is 14.3 Å². The van der Waals surface area contributed by atoms with Crippen LogP contribution in [0, 0.1) is 0 Å². The number of aromatic nitrogens is 4. The molecule has 7 rings (SSSR count). The summed E-state index contributed by atoms with van der Waals surface area (Å²) in [6, 6.07) is 32.5. The highest BCUT2D eigenvalue weighted by Crippen LogP contribution is 2.33. The Morgan fingerprint density at radius 2 is 1.67 bits per heavy atom. The van der Waals surface area contributed by atoms with Gasteiger partial charge in [-0.05, 0) is 66.9 Å². The first-order chi connectivity index (χ1) is 23.6. The maximum absolute atomic E-state index is 11.4. The summed E-state index contributed by atoms with van der Waals surface area (Å²) in [7, 11) is 1.60. The van der Waals surface area contributed by atoms with Crippen molar-refractivity contribution >= 4 is 29.0 Å². The van der Waals surface area contributed by atoms with Gasteiger partial charge in [-0.15, -0.1) is 0 Å². The van der Waals surface area contributed by atoms with Gasteiger partial charge in [0.05, 0.1) is 29.6 Å². The van der Waals surface area contributed by atoms with Gasteiger partial charge in [0.25, 0.3) is 0 Å². The van der Waals surface area contributed by atoms with E-state index >= 15 is 0 Å². The van der Waals surface area contributed by atoms with Crippen molar-refractivity contribution in [3.8, 4) is 34.1 Å². The fourth-order valence-corrected chi connectivity index (χ4v) is 6.21. The number of nitrogens with zero attached hydrogens (tertiary/aromatic N) is 5. The zero-order valence-corrected chi connectivity index (χ0v) is 27.6. The number of para-hydroxylation sites is 1. The Labute approximate surface area is 281 Å². The number of pyridine rings is 2. The molecule has 9 heteroatoms. The number of carbonyl (C=O) groups is 1. The van der Waals surface area contributed by atoms with E-state index < -0.39 is 0 Å². The molecule has 0 amide bonds. The molecule has 9 nitrogen and oxygen atoms in total. The Morgan fingerprint density at radius 1 is 0.896 bits per heavy atom. The van der Waals surface area contributed by atoms with Crippen LogP contribution in [0.15, 0.2) is 103 Å². The standard InChI is InChI=1S/C37H35N7O2.C2H6/c1-46-34-27(24-45)9-5-11-32(34)40-28-18-21-43(22-19-28)23-25-12-14-29(15-13-25)44-36(30-10-6-20-39-35(30)38)42-33-17-16-31(41-37(33)44)26-7-3-2-4-8-26;1-2/h2-17,20,24,28,40H,18-19,21-23H2,1H3,(H2,38,39);1-2H3. The molecule has 3 aromatic heterocycles. The van der Waals surface area contributed by atoms with Crippen molar-refractivity contribution in [1.82, 2.24) is 24.4 Å². The summed E-state index contributed by atoms with van der Waals surface area (Å²) in [4.78, 5) is 28.3. The van der Waals surface area contributed by atoms with E-state index in [1.165, 1.54) is 5.56 Å². The van der Waals surface area contributed by atoms with Crippen LogP contribution in [0.3, 0.4) is 0 Å². The van der Waals surface area contributed by atoms with Gasteiger partial charge >= 0.3 is 0 Å². The lowest BCUT2D eigenvalue weighted by Gasteiger charge is -2.33. The second-order valence-electron chi connectivity index (χ2n) is 11.5. The van der Waals surface area contributed by atoms with Crippen molar-refractivity contribution < 1.29 is 9.53 Å². The molecule has 0 atom stereocenters. The van der Waals surface area contributed by atoms with E-state index in [0.717, 1.165) is 78.1 Å². The first-order valence-electron chi connectivity index (χ1n) is 16.5. The van der Waals surface area contributed by atoms with E-state index in [-0.39, 0.29) is 0 Å². The third kappa shape index (κ3) is 6.77. The summed E-state index contributed by atoms with van der Waals surface area (Å²) < 4.78 is 7.58. The quantitative estimate of drug-likeness (QED) is 0.155. The number of methoxy groups -OCH3 is 1. The third-order valence-corrected chi connectivity index (χ3v) is 8.58. The van der Waals surface area contributed by atoms with Gasteiger partial charge in [-0.1, -0.05) is 62.4 Å². The Kier molecular flexibility index (Phi) is 10.1. The van der Waals surface area contributed by atoms with Gasteiger partial charge in [-0.2, -0.15) is 0 Å². The number of ether oxygens (including phenoxy) is 1. The zero-order chi connectivity index (χ0) is 33.5. The van der Waals surface area contributed by atoms with E-state index in [2.05, 4.69) is 56.2 Å². The molecule has 1 aliphatic heterocycles. The Morgan fingerprint density at radius 3 is 2.38 bits per heavy atom. The number of aldehydes is 1. The number of imidazole rings is 1. The minimum Gasteiger partial charge on any atom is -0.494 e. The second kappa shape index (κ2) is 14.9. The topological polar surface area (TPSA) is 111 Å². The van der Waals surface area contributed by atoms with Crippen LogP contribution < -0.4 is 15.8 Å². The number of hydrogen-bond donors (Lipinski definition) is 2. The molecular formula is C39H41N7O2. The number of nitrogens with two attached hydrogens (primary N) is 1. The van der Waals surface area contributed by atoms with Gasteiger partial charge in [0.2, 0.25) is 0 Å². The summed E-state index contributed by atoms with van der Waals surface area (Å²) >= 11 is 0. The largest absolute Gasteiger partial charge is 0.494 e. The fourth-order valence-electron chi connectivity index (χ4n) is 6.21. The summed E-state index contributed by atoms with van der Waals surface area (Å²) in [5.74, 6) is 1.73. The molecule has 1 fully saturated rings. The number of carbonyl (C=O) groups excluding carboxylic acids is 1. The lowest BCUT2D eigenvalue weighted by Crippen LogP contribution is -2.38. The first-order valence-corrected chi connectivity index (χ1v) is 16.5. The van der Waals surface area contributed by atoms with Crippen molar-refractivity contribution in [2.24, 2.45) is 0 Å². The molecule has 0 saturated carbocycles. The normalized spacial score (nSPS) is 13.5. The van der Waals surface area contributed by atoms with E-state index in [4.69, 9.17) is 20.4 Å². The summed E-state index contributed by atoms with van der Waals surface area (Å²) in [5, 5.41) is 3.60. The van der Waals surface area contributed by atoms with Crippen LogP contribution in [-0.2, 0) is 6.54 Å². The van der Waals surface area contributed by atoms with Crippen molar-refractivity contribution in [2.75, 3.05) is 31.2 Å². The highest BCUT2D eigenvalue weighted by atomic mass is 16.5. The molecule has 3 aromatic carbocycles.